The van der Waals surface area contributed by atoms with Crippen molar-refractivity contribution in [3.05, 3.63) is 35.5 Å². The molecule has 1 aromatic carbocycles. The largest absolute Gasteiger partial charge is 0.487 e. The number of nitrogens with one attached hydrogen (secondary N) is 1. The molecule has 1 aliphatic carbocycles. The second kappa shape index (κ2) is 8.46. The first-order valence-corrected chi connectivity index (χ1v) is 7.71. The Bertz CT molecular complexity index is 663. The smallest absolute Gasteiger partial charge is 0.354 e. The van der Waals surface area contributed by atoms with Crippen molar-refractivity contribution in [2.75, 3.05) is 26.1 Å². The zero-order valence-electron chi connectivity index (χ0n) is 13.9. The summed E-state index contributed by atoms with van der Waals surface area (Å²) in [6.45, 7) is 0.260. The van der Waals surface area contributed by atoms with Crippen LogP contribution in [0.2, 0.25) is 0 Å². The van der Waals surface area contributed by atoms with Gasteiger partial charge in [0.15, 0.2) is 17.4 Å². The average molecular weight is 355 g/mol. The number of carbonyl (C=O) groups is 2. The lowest BCUT2D eigenvalue weighted by molar-refractivity contribution is -0.138. The van der Waals surface area contributed by atoms with E-state index in [4.69, 9.17) is 4.74 Å². The fourth-order valence-electron chi connectivity index (χ4n) is 2.22. The van der Waals surface area contributed by atoms with E-state index in [-0.39, 0.29) is 18.0 Å². The maximum atomic E-state index is 14.1. The van der Waals surface area contributed by atoms with Crippen LogP contribution < -0.4 is 10.1 Å². The van der Waals surface area contributed by atoms with Crippen LogP contribution in [0.3, 0.4) is 0 Å². The third kappa shape index (κ3) is 4.91. The molecule has 0 spiro atoms. The molecular weight excluding hydrogens is 336 g/mol. The molecule has 1 saturated carbocycles. The van der Waals surface area contributed by atoms with Crippen molar-refractivity contribution in [1.29, 1.82) is 0 Å². The van der Waals surface area contributed by atoms with Gasteiger partial charge in [0, 0.05) is 17.8 Å². The maximum Gasteiger partial charge on any atom is 0.354 e. The summed E-state index contributed by atoms with van der Waals surface area (Å²) in [6.07, 6.45) is 3.90. The number of hydrogen-bond acceptors (Lipinski definition) is 6. The van der Waals surface area contributed by atoms with E-state index >= 15 is 0 Å². The van der Waals surface area contributed by atoms with Gasteiger partial charge in [0.2, 0.25) is 0 Å². The van der Waals surface area contributed by atoms with Crippen molar-refractivity contribution in [2.45, 2.75) is 19.3 Å². The highest BCUT2D eigenvalue weighted by molar-refractivity contribution is 5.98. The van der Waals surface area contributed by atoms with Gasteiger partial charge in [-0.25, -0.2) is 18.4 Å². The molecule has 8 heteroatoms. The topological polar surface area (TPSA) is 73.9 Å². The summed E-state index contributed by atoms with van der Waals surface area (Å²) in [5, 5.41) is 2.44. The SMILES string of the molecule is COC(=O)/C=C(/Nc1cc(F)c(OCC2CCC2)c(F)c1)C(=O)OC. The quantitative estimate of drug-likeness (QED) is 0.599. The molecule has 6 nitrogen and oxygen atoms in total. The second-order valence-corrected chi connectivity index (χ2v) is 5.57. The van der Waals surface area contributed by atoms with Gasteiger partial charge in [0.1, 0.15) is 5.70 Å². The van der Waals surface area contributed by atoms with E-state index in [1.165, 1.54) is 0 Å². The number of hydrogen-bond donors (Lipinski definition) is 1. The van der Waals surface area contributed by atoms with Gasteiger partial charge in [-0.05, 0) is 18.8 Å². The molecule has 1 aliphatic rings. The van der Waals surface area contributed by atoms with Crippen molar-refractivity contribution in [3.8, 4) is 5.75 Å². The first-order valence-electron chi connectivity index (χ1n) is 7.71. The zero-order chi connectivity index (χ0) is 18.4. The van der Waals surface area contributed by atoms with Crippen LogP contribution in [-0.4, -0.2) is 32.8 Å². The van der Waals surface area contributed by atoms with Crippen molar-refractivity contribution < 1.29 is 32.6 Å². The highest BCUT2D eigenvalue weighted by Gasteiger charge is 2.21. The Morgan fingerprint density at radius 3 is 2.32 bits per heavy atom. The van der Waals surface area contributed by atoms with Crippen LogP contribution in [0.15, 0.2) is 23.9 Å². The molecule has 0 saturated heterocycles. The predicted octanol–water partition coefficient (Wildman–Crippen LogP) is 2.79. The molecule has 0 heterocycles. The Labute approximate surface area is 143 Å². The number of halogens is 2. The molecule has 0 bridgehead atoms. The lowest BCUT2D eigenvalue weighted by Crippen LogP contribution is -2.20. The molecule has 1 fully saturated rings. The number of methoxy groups -OCH3 is 2. The van der Waals surface area contributed by atoms with Crippen LogP contribution in [0.5, 0.6) is 5.75 Å². The molecule has 0 unspecified atom stereocenters. The molecular formula is C17H19F2NO5. The Morgan fingerprint density at radius 1 is 1.20 bits per heavy atom. The van der Waals surface area contributed by atoms with E-state index in [1.807, 2.05) is 0 Å². The van der Waals surface area contributed by atoms with Gasteiger partial charge in [-0.1, -0.05) is 6.42 Å². The Balaban J connectivity index is 2.16. The zero-order valence-corrected chi connectivity index (χ0v) is 13.9. The van der Waals surface area contributed by atoms with Crippen molar-refractivity contribution in [3.63, 3.8) is 0 Å². The number of esters is 2. The Kier molecular flexibility index (Phi) is 6.32. The van der Waals surface area contributed by atoms with E-state index in [9.17, 15) is 18.4 Å². The first-order chi connectivity index (χ1) is 11.9. The highest BCUT2D eigenvalue weighted by atomic mass is 19.1. The summed E-state index contributed by atoms with van der Waals surface area (Å²) in [5.41, 5.74) is -0.400. The van der Waals surface area contributed by atoms with E-state index in [0.29, 0.717) is 5.92 Å². The van der Waals surface area contributed by atoms with E-state index in [0.717, 1.165) is 51.7 Å². The summed E-state index contributed by atoms with van der Waals surface area (Å²) >= 11 is 0. The summed E-state index contributed by atoms with van der Waals surface area (Å²) in [5.74, 6) is -3.68. The standard InChI is InChI=1S/C17H19F2NO5/c1-23-15(21)8-14(17(22)24-2)20-11-6-12(18)16(13(19)7-11)25-9-10-4-3-5-10/h6-8,10,20H,3-5,9H2,1-2H3/b14-8+. The molecule has 1 N–H and O–H groups in total. The minimum Gasteiger partial charge on any atom is -0.487 e. The van der Waals surface area contributed by atoms with E-state index in [1.54, 1.807) is 0 Å². The molecule has 1 aromatic rings. The molecule has 0 aliphatic heterocycles. The van der Waals surface area contributed by atoms with Gasteiger partial charge in [-0.15, -0.1) is 0 Å². The van der Waals surface area contributed by atoms with E-state index < -0.39 is 29.3 Å². The molecule has 2 rings (SSSR count). The third-order valence-corrected chi connectivity index (χ3v) is 3.83. The fourth-order valence-corrected chi connectivity index (χ4v) is 2.22. The lowest BCUT2D eigenvalue weighted by Gasteiger charge is -2.25. The molecule has 0 aromatic heterocycles. The van der Waals surface area contributed by atoms with Crippen LogP contribution in [-0.2, 0) is 19.1 Å². The van der Waals surface area contributed by atoms with Crippen LogP contribution in [0.4, 0.5) is 14.5 Å². The number of carbonyl (C=O) groups excluding carboxylic acids is 2. The van der Waals surface area contributed by atoms with E-state index in [2.05, 4.69) is 14.8 Å². The van der Waals surface area contributed by atoms with Gasteiger partial charge >= 0.3 is 11.9 Å². The lowest BCUT2D eigenvalue weighted by atomic mass is 9.86. The predicted molar refractivity (Wildman–Crippen MR) is 84.9 cm³/mol. The fraction of sp³-hybridized carbons (Fsp3) is 0.412. The number of anilines is 1. The van der Waals surface area contributed by atoms with Crippen LogP contribution >= 0.6 is 0 Å². The van der Waals surface area contributed by atoms with Crippen molar-refractivity contribution in [2.24, 2.45) is 5.92 Å². The van der Waals surface area contributed by atoms with Gasteiger partial charge in [0.25, 0.3) is 0 Å². The molecule has 0 amide bonds. The summed E-state index contributed by atoms with van der Waals surface area (Å²) in [4.78, 5) is 22.9. The Hall–Kier alpha value is -2.64. The first kappa shape index (κ1) is 18.7. The number of rotatable bonds is 7. The molecule has 136 valence electrons. The van der Waals surface area contributed by atoms with Crippen LogP contribution in [0, 0.1) is 17.6 Å². The molecule has 0 radical (unpaired) electrons. The van der Waals surface area contributed by atoms with Gasteiger partial charge in [-0.2, -0.15) is 0 Å². The minimum atomic E-state index is -0.913. The number of ether oxygens (including phenoxy) is 3. The highest BCUT2D eigenvalue weighted by Crippen LogP contribution is 2.30. The summed E-state index contributed by atoms with van der Waals surface area (Å²) < 4.78 is 42.4. The van der Waals surface area contributed by atoms with Gasteiger partial charge in [0.05, 0.1) is 26.9 Å². The number of benzene rings is 1. The normalized spacial score (nSPS) is 14.5. The molecule has 25 heavy (non-hydrogen) atoms. The van der Waals surface area contributed by atoms with Crippen molar-refractivity contribution in [1.82, 2.24) is 0 Å². The second-order valence-electron chi connectivity index (χ2n) is 5.57. The monoisotopic (exact) mass is 355 g/mol. The summed E-state index contributed by atoms with van der Waals surface area (Å²) in [6, 6.07) is 1.93. The van der Waals surface area contributed by atoms with Gasteiger partial charge in [-0.3, -0.25) is 0 Å². The third-order valence-electron chi connectivity index (χ3n) is 3.83. The Morgan fingerprint density at radius 2 is 1.84 bits per heavy atom. The summed E-state index contributed by atoms with van der Waals surface area (Å²) in [7, 11) is 2.23. The molecule has 0 atom stereocenters. The van der Waals surface area contributed by atoms with Crippen molar-refractivity contribution >= 4 is 17.6 Å². The van der Waals surface area contributed by atoms with Gasteiger partial charge < -0.3 is 19.5 Å². The maximum absolute atomic E-state index is 14.1. The average Bonchev–Trinajstić information content (AvgIpc) is 2.54. The van der Waals surface area contributed by atoms with Crippen LogP contribution in [0.1, 0.15) is 19.3 Å². The van der Waals surface area contributed by atoms with Crippen LogP contribution in [0.25, 0.3) is 0 Å². The minimum absolute atomic E-state index is 0.0773.